The zero-order valence-electron chi connectivity index (χ0n) is 12.7. The van der Waals surface area contributed by atoms with E-state index in [9.17, 15) is 4.79 Å². The van der Waals surface area contributed by atoms with Crippen LogP contribution in [0.3, 0.4) is 0 Å². The number of esters is 1. The highest BCUT2D eigenvalue weighted by Gasteiger charge is 2.14. The average molecular weight is 291 g/mol. The van der Waals surface area contributed by atoms with Crippen molar-refractivity contribution in [3.05, 3.63) is 23.8 Å². The number of hydrogen-bond donors (Lipinski definition) is 2. The minimum atomic E-state index is -0.366. The van der Waals surface area contributed by atoms with Crippen molar-refractivity contribution in [1.29, 1.82) is 0 Å². The SMILES string of the molecule is CCOC(=O)c1cccc(NCCN2CCCCC2)c1N. The average Bonchev–Trinajstić information content (AvgIpc) is 2.50. The molecule has 3 N–H and O–H groups in total. The Morgan fingerprint density at radius 2 is 2.10 bits per heavy atom. The van der Waals surface area contributed by atoms with Crippen molar-refractivity contribution in [3.63, 3.8) is 0 Å². The van der Waals surface area contributed by atoms with Crippen LogP contribution < -0.4 is 11.1 Å². The van der Waals surface area contributed by atoms with Crippen molar-refractivity contribution in [2.24, 2.45) is 0 Å². The predicted octanol–water partition coefficient (Wildman–Crippen LogP) is 2.34. The summed E-state index contributed by atoms with van der Waals surface area (Å²) in [5, 5.41) is 3.32. The van der Waals surface area contributed by atoms with Gasteiger partial charge in [0.25, 0.3) is 0 Å². The van der Waals surface area contributed by atoms with Gasteiger partial charge in [0, 0.05) is 13.1 Å². The molecule has 0 spiro atoms. The predicted molar refractivity (Wildman–Crippen MR) is 85.6 cm³/mol. The molecule has 0 aliphatic carbocycles. The molecule has 1 fully saturated rings. The van der Waals surface area contributed by atoms with E-state index in [2.05, 4.69) is 10.2 Å². The van der Waals surface area contributed by atoms with E-state index in [0.717, 1.165) is 18.8 Å². The minimum absolute atomic E-state index is 0.352. The van der Waals surface area contributed by atoms with Gasteiger partial charge in [-0.2, -0.15) is 0 Å². The van der Waals surface area contributed by atoms with E-state index in [1.54, 1.807) is 13.0 Å². The second-order valence-electron chi connectivity index (χ2n) is 5.32. The van der Waals surface area contributed by atoms with Gasteiger partial charge in [0.05, 0.1) is 23.5 Å². The van der Waals surface area contributed by atoms with Crippen LogP contribution >= 0.6 is 0 Å². The van der Waals surface area contributed by atoms with Crippen LogP contribution in [-0.4, -0.2) is 43.7 Å². The number of nitrogens with one attached hydrogen (secondary N) is 1. The molecular weight excluding hydrogens is 266 g/mol. The highest BCUT2D eigenvalue weighted by molar-refractivity contribution is 5.98. The van der Waals surface area contributed by atoms with E-state index >= 15 is 0 Å². The van der Waals surface area contributed by atoms with Gasteiger partial charge in [0.15, 0.2) is 0 Å². The van der Waals surface area contributed by atoms with Gasteiger partial charge in [0.2, 0.25) is 0 Å². The third-order valence-corrected chi connectivity index (χ3v) is 3.79. The lowest BCUT2D eigenvalue weighted by Gasteiger charge is -2.26. The molecule has 5 nitrogen and oxygen atoms in total. The Labute approximate surface area is 126 Å². The Kier molecular flexibility index (Phi) is 5.87. The Morgan fingerprint density at radius 3 is 2.81 bits per heavy atom. The maximum absolute atomic E-state index is 11.8. The van der Waals surface area contributed by atoms with Gasteiger partial charge in [-0.25, -0.2) is 4.79 Å². The molecule has 0 aromatic heterocycles. The molecule has 116 valence electrons. The van der Waals surface area contributed by atoms with Gasteiger partial charge in [0.1, 0.15) is 0 Å². The van der Waals surface area contributed by atoms with Gasteiger partial charge in [-0.15, -0.1) is 0 Å². The Bertz CT molecular complexity index is 471. The first kappa shape index (κ1) is 15.6. The fourth-order valence-electron chi connectivity index (χ4n) is 2.64. The lowest BCUT2D eigenvalue weighted by Crippen LogP contribution is -2.33. The summed E-state index contributed by atoms with van der Waals surface area (Å²) < 4.78 is 5.01. The van der Waals surface area contributed by atoms with Crippen LogP contribution in [0.15, 0.2) is 18.2 Å². The molecule has 0 saturated carbocycles. The Balaban J connectivity index is 1.90. The molecule has 0 radical (unpaired) electrons. The molecule has 1 heterocycles. The number of likely N-dealkylation sites (tertiary alicyclic amines) is 1. The normalized spacial score (nSPS) is 15.7. The number of piperidine rings is 1. The van der Waals surface area contributed by atoms with E-state index in [1.807, 2.05) is 12.1 Å². The third-order valence-electron chi connectivity index (χ3n) is 3.79. The number of para-hydroxylation sites is 1. The molecule has 1 aliphatic rings. The highest BCUT2D eigenvalue weighted by Crippen LogP contribution is 2.23. The summed E-state index contributed by atoms with van der Waals surface area (Å²) in [6.07, 6.45) is 3.93. The van der Waals surface area contributed by atoms with Crippen LogP contribution in [-0.2, 0) is 4.74 Å². The maximum atomic E-state index is 11.8. The second kappa shape index (κ2) is 7.88. The summed E-state index contributed by atoms with van der Waals surface area (Å²) in [6.45, 7) is 6.33. The van der Waals surface area contributed by atoms with Crippen LogP contribution in [0.25, 0.3) is 0 Å². The van der Waals surface area contributed by atoms with E-state index < -0.39 is 0 Å². The monoisotopic (exact) mass is 291 g/mol. The smallest absolute Gasteiger partial charge is 0.340 e. The van der Waals surface area contributed by atoms with Crippen molar-refractivity contribution in [3.8, 4) is 0 Å². The second-order valence-corrected chi connectivity index (χ2v) is 5.32. The standard InChI is InChI=1S/C16H25N3O2/c1-2-21-16(20)13-7-6-8-14(15(13)17)18-9-12-19-10-4-3-5-11-19/h6-8,18H,2-5,9-12,17H2,1H3. The maximum Gasteiger partial charge on any atom is 0.340 e. The van der Waals surface area contributed by atoms with Crippen LogP contribution in [0.4, 0.5) is 11.4 Å². The van der Waals surface area contributed by atoms with Crippen molar-refractivity contribution in [2.75, 3.05) is 43.8 Å². The fourth-order valence-corrected chi connectivity index (χ4v) is 2.64. The van der Waals surface area contributed by atoms with Gasteiger partial charge in [-0.3, -0.25) is 0 Å². The number of ether oxygens (including phenoxy) is 1. The number of benzene rings is 1. The molecule has 5 heteroatoms. The summed E-state index contributed by atoms with van der Waals surface area (Å²) in [6, 6.07) is 5.42. The zero-order chi connectivity index (χ0) is 15.1. The number of nitrogens with zero attached hydrogens (tertiary/aromatic N) is 1. The van der Waals surface area contributed by atoms with Crippen LogP contribution in [0.2, 0.25) is 0 Å². The Hall–Kier alpha value is -1.75. The fraction of sp³-hybridized carbons (Fsp3) is 0.562. The van der Waals surface area contributed by atoms with Gasteiger partial charge in [-0.05, 0) is 45.0 Å². The summed E-state index contributed by atoms with van der Waals surface area (Å²) >= 11 is 0. The van der Waals surface area contributed by atoms with E-state index in [1.165, 1.54) is 32.4 Å². The number of carbonyl (C=O) groups excluding carboxylic acids is 1. The van der Waals surface area contributed by atoms with E-state index in [4.69, 9.17) is 10.5 Å². The van der Waals surface area contributed by atoms with Crippen molar-refractivity contribution in [2.45, 2.75) is 26.2 Å². The summed E-state index contributed by atoms with van der Waals surface area (Å²) in [5.74, 6) is -0.366. The van der Waals surface area contributed by atoms with Crippen LogP contribution in [0.1, 0.15) is 36.5 Å². The number of anilines is 2. The first-order valence-electron chi connectivity index (χ1n) is 7.74. The summed E-state index contributed by atoms with van der Waals surface area (Å²) in [4.78, 5) is 14.3. The summed E-state index contributed by atoms with van der Waals surface area (Å²) in [5.41, 5.74) is 7.76. The van der Waals surface area contributed by atoms with E-state index in [0.29, 0.717) is 17.9 Å². The first-order valence-corrected chi connectivity index (χ1v) is 7.74. The number of nitrogen functional groups attached to an aromatic ring is 1. The molecule has 1 saturated heterocycles. The van der Waals surface area contributed by atoms with Gasteiger partial charge < -0.3 is 20.7 Å². The van der Waals surface area contributed by atoms with Crippen LogP contribution in [0.5, 0.6) is 0 Å². The molecule has 0 atom stereocenters. The quantitative estimate of drug-likeness (QED) is 0.622. The minimum Gasteiger partial charge on any atom is -0.462 e. The topological polar surface area (TPSA) is 67.6 Å². The molecule has 1 aliphatic heterocycles. The Morgan fingerprint density at radius 1 is 1.33 bits per heavy atom. The lowest BCUT2D eigenvalue weighted by molar-refractivity contribution is 0.0527. The zero-order valence-corrected chi connectivity index (χ0v) is 12.7. The molecule has 0 amide bonds. The number of carbonyl (C=O) groups is 1. The number of hydrogen-bond acceptors (Lipinski definition) is 5. The molecule has 1 aromatic rings. The third kappa shape index (κ3) is 4.36. The lowest BCUT2D eigenvalue weighted by atomic mass is 10.1. The summed E-state index contributed by atoms with van der Waals surface area (Å²) in [7, 11) is 0. The molecule has 2 rings (SSSR count). The van der Waals surface area contributed by atoms with Crippen molar-refractivity contribution in [1.82, 2.24) is 4.90 Å². The van der Waals surface area contributed by atoms with Crippen LogP contribution in [0, 0.1) is 0 Å². The van der Waals surface area contributed by atoms with Crippen molar-refractivity contribution >= 4 is 17.3 Å². The molecule has 0 bridgehead atoms. The molecule has 1 aromatic carbocycles. The molecule has 0 unspecified atom stereocenters. The number of nitrogens with two attached hydrogens (primary N) is 1. The number of rotatable bonds is 6. The van der Waals surface area contributed by atoms with Crippen molar-refractivity contribution < 1.29 is 9.53 Å². The highest BCUT2D eigenvalue weighted by atomic mass is 16.5. The van der Waals surface area contributed by atoms with Gasteiger partial charge >= 0.3 is 5.97 Å². The molecule has 21 heavy (non-hydrogen) atoms. The largest absolute Gasteiger partial charge is 0.462 e. The molecular formula is C16H25N3O2. The van der Waals surface area contributed by atoms with Gasteiger partial charge in [-0.1, -0.05) is 12.5 Å². The van der Waals surface area contributed by atoms with E-state index in [-0.39, 0.29) is 5.97 Å². The first-order chi connectivity index (χ1) is 10.2.